The van der Waals surface area contributed by atoms with Crippen LogP contribution in [0.3, 0.4) is 0 Å². The molecule has 0 N–H and O–H groups in total. The third-order valence-corrected chi connectivity index (χ3v) is 14.1. The zero-order valence-corrected chi connectivity index (χ0v) is 35.5. The molecule has 0 unspecified atom stereocenters. The summed E-state index contributed by atoms with van der Waals surface area (Å²) in [6, 6.07) is 63.2. The van der Waals surface area contributed by atoms with Crippen LogP contribution in [0, 0.1) is 0 Å². The summed E-state index contributed by atoms with van der Waals surface area (Å²) in [5, 5.41) is 6.94. The molecule has 0 saturated heterocycles. The first-order chi connectivity index (χ1) is 30.7. The maximum absolute atomic E-state index is 6.89. The van der Waals surface area contributed by atoms with Gasteiger partial charge in [0.2, 0.25) is 0 Å². The molecular weight excluding hydrogens is 767 g/mol. The molecule has 11 aromatic rings. The van der Waals surface area contributed by atoms with Crippen molar-refractivity contribution in [2.75, 3.05) is 0 Å². The number of benzene rings is 9. The number of hydrogen-bond acceptors (Lipinski definition) is 4. The third kappa shape index (κ3) is 5.12. The number of rotatable bonds is 4. The van der Waals surface area contributed by atoms with Crippen LogP contribution in [0.4, 0.5) is 0 Å². The molecule has 2 aliphatic rings. The van der Waals surface area contributed by atoms with Gasteiger partial charge in [0.25, 0.3) is 0 Å². The number of nitrogens with zero attached hydrogens (tertiary/aromatic N) is 3. The van der Waals surface area contributed by atoms with E-state index in [1.807, 2.05) is 12.1 Å². The van der Waals surface area contributed by atoms with Gasteiger partial charge in [-0.1, -0.05) is 185 Å². The van der Waals surface area contributed by atoms with Crippen molar-refractivity contribution in [1.29, 1.82) is 0 Å². The van der Waals surface area contributed by atoms with Crippen LogP contribution < -0.4 is 0 Å². The highest BCUT2D eigenvalue weighted by molar-refractivity contribution is 6.18. The molecule has 2 heterocycles. The zero-order chi connectivity index (χ0) is 42.2. The molecule has 4 heteroatoms. The van der Waals surface area contributed by atoms with E-state index in [2.05, 4.69) is 191 Å². The maximum Gasteiger partial charge on any atom is 0.164 e. The minimum Gasteiger partial charge on any atom is -0.455 e. The van der Waals surface area contributed by atoms with Gasteiger partial charge in [-0.25, -0.2) is 15.0 Å². The van der Waals surface area contributed by atoms with E-state index >= 15 is 0 Å². The second-order valence-electron chi connectivity index (χ2n) is 18.3. The van der Waals surface area contributed by atoms with Crippen LogP contribution >= 0.6 is 0 Å². The fraction of sp³-hybridized carbons (Fsp3) is 0.102. The van der Waals surface area contributed by atoms with E-state index in [1.165, 1.54) is 66.1 Å². The molecule has 9 aromatic carbocycles. The van der Waals surface area contributed by atoms with Crippen LogP contribution in [0.5, 0.6) is 0 Å². The molecule has 0 radical (unpaired) electrons. The molecule has 0 aliphatic heterocycles. The van der Waals surface area contributed by atoms with Crippen molar-refractivity contribution in [2.24, 2.45) is 0 Å². The topological polar surface area (TPSA) is 51.8 Å². The second-order valence-corrected chi connectivity index (χ2v) is 18.3. The van der Waals surface area contributed by atoms with Crippen molar-refractivity contribution in [3.63, 3.8) is 0 Å². The molecule has 0 fully saturated rings. The maximum atomic E-state index is 6.89. The Morgan fingerprint density at radius 3 is 1.78 bits per heavy atom. The van der Waals surface area contributed by atoms with Crippen molar-refractivity contribution >= 4 is 43.5 Å². The molecule has 2 aromatic heterocycles. The molecule has 2 aliphatic carbocycles. The van der Waals surface area contributed by atoms with Gasteiger partial charge in [-0.3, -0.25) is 0 Å². The lowest BCUT2D eigenvalue weighted by Gasteiger charge is -2.24. The molecular formula is C59H41N3O. The predicted molar refractivity (Wildman–Crippen MR) is 259 cm³/mol. The van der Waals surface area contributed by atoms with Gasteiger partial charge in [-0.05, 0) is 89.8 Å². The van der Waals surface area contributed by atoms with E-state index in [4.69, 9.17) is 19.4 Å². The summed E-state index contributed by atoms with van der Waals surface area (Å²) < 4.78 is 6.89. The van der Waals surface area contributed by atoms with Crippen LogP contribution in [-0.2, 0) is 10.8 Å². The molecule has 0 bridgehead atoms. The summed E-state index contributed by atoms with van der Waals surface area (Å²) in [5.74, 6) is 1.86. The van der Waals surface area contributed by atoms with Crippen LogP contribution in [-0.4, -0.2) is 15.0 Å². The van der Waals surface area contributed by atoms with Gasteiger partial charge < -0.3 is 4.42 Å². The largest absolute Gasteiger partial charge is 0.455 e. The summed E-state index contributed by atoms with van der Waals surface area (Å²) in [4.78, 5) is 16.2. The Balaban J connectivity index is 1.08. The van der Waals surface area contributed by atoms with E-state index in [1.54, 1.807) is 0 Å². The first-order valence-electron chi connectivity index (χ1n) is 21.9. The monoisotopic (exact) mass is 807 g/mol. The Morgan fingerprint density at radius 2 is 0.968 bits per heavy atom. The first-order valence-corrected chi connectivity index (χ1v) is 21.9. The lowest BCUT2D eigenvalue weighted by atomic mass is 9.79. The second kappa shape index (κ2) is 12.9. The average Bonchev–Trinajstić information content (AvgIpc) is 3.91. The van der Waals surface area contributed by atoms with Crippen LogP contribution in [0.25, 0.3) is 111 Å². The van der Waals surface area contributed by atoms with Crippen LogP contribution in [0.2, 0.25) is 0 Å². The fourth-order valence-electron chi connectivity index (χ4n) is 11.0. The zero-order valence-electron chi connectivity index (χ0n) is 35.5. The molecule has 0 spiro atoms. The predicted octanol–water partition coefficient (Wildman–Crippen LogP) is 15.4. The number of aromatic nitrogens is 3. The molecule has 0 amide bonds. The average molecular weight is 808 g/mol. The Bertz CT molecular complexity index is 3730. The lowest BCUT2D eigenvalue weighted by molar-refractivity contribution is 0.653. The van der Waals surface area contributed by atoms with Gasteiger partial charge in [-0.2, -0.15) is 0 Å². The van der Waals surface area contributed by atoms with Crippen molar-refractivity contribution in [3.05, 3.63) is 198 Å². The minimum atomic E-state index is -0.271. The lowest BCUT2D eigenvalue weighted by Crippen LogP contribution is -2.15. The van der Waals surface area contributed by atoms with Gasteiger partial charge in [-0.15, -0.1) is 0 Å². The Hall–Kier alpha value is -7.69. The quantitative estimate of drug-likeness (QED) is 0.166. The fourth-order valence-corrected chi connectivity index (χ4v) is 11.0. The number of furan rings is 1. The number of hydrogen-bond donors (Lipinski definition) is 0. The van der Waals surface area contributed by atoms with E-state index in [9.17, 15) is 0 Å². The Morgan fingerprint density at radius 1 is 0.381 bits per heavy atom. The SMILES string of the molecule is CC1(C)c2ccccc2-c2c1cc(-c1nc(-c3ccc(-c4ccccc4)cc3)nc(-c3ccc4ccc5ccc6c(c5c4c3)C(C)(C)c3ccccc3-6)n1)c1c2oc2ccccc21. The first kappa shape index (κ1) is 36.0. The van der Waals surface area contributed by atoms with Gasteiger partial charge >= 0.3 is 0 Å². The summed E-state index contributed by atoms with van der Waals surface area (Å²) in [7, 11) is 0. The number of para-hydroxylation sites is 1. The summed E-state index contributed by atoms with van der Waals surface area (Å²) in [6.45, 7) is 9.35. The standard InChI is InChI=1S/C59H41N3O/c1-58(2)47-20-12-9-17-42(47)52-48(58)33-45(51-43-18-10-13-21-49(43)63-54(51)52)57-61-55(38-27-22-35(23-28-38)34-14-6-5-7-15-34)60-56(62-57)39-29-25-36-24-26-37-30-31-41-40-16-8-11-19-46(40)59(3,4)53(41)50(37)44(36)32-39/h5-33H,1-4H3. The molecule has 0 saturated carbocycles. The highest BCUT2D eigenvalue weighted by Crippen LogP contribution is 2.55. The van der Waals surface area contributed by atoms with E-state index in [0.29, 0.717) is 17.5 Å². The summed E-state index contributed by atoms with van der Waals surface area (Å²) in [6.07, 6.45) is 0. The van der Waals surface area contributed by atoms with Crippen molar-refractivity contribution in [3.8, 4) is 67.5 Å². The summed E-state index contributed by atoms with van der Waals surface area (Å²) in [5.41, 5.74) is 16.6. The highest BCUT2D eigenvalue weighted by atomic mass is 16.3. The molecule has 4 nitrogen and oxygen atoms in total. The minimum absolute atomic E-state index is 0.172. The molecule has 13 rings (SSSR count). The van der Waals surface area contributed by atoms with E-state index in [0.717, 1.165) is 49.8 Å². The molecule has 63 heavy (non-hydrogen) atoms. The van der Waals surface area contributed by atoms with E-state index < -0.39 is 0 Å². The van der Waals surface area contributed by atoms with Crippen LogP contribution in [0.1, 0.15) is 49.9 Å². The van der Waals surface area contributed by atoms with Gasteiger partial charge in [0.05, 0.1) is 0 Å². The molecule has 0 atom stereocenters. The normalized spacial score (nSPS) is 14.3. The van der Waals surface area contributed by atoms with E-state index in [-0.39, 0.29) is 10.8 Å². The van der Waals surface area contributed by atoms with Gasteiger partial charge in [0.15, 0.2) is 17.5 Å². The Labute approximate surface area is 365 Å². The third-order valence-electron chi connectivity index (χ3n) is 14.1. The van der Waals surface area contributed by atoms with Gasteiger partial charge in [0.1, 0.15) is 11.2 Å². The van der Waals surface area contributed by atoms with Crippen molar-refractivity contribution in [1.82, 2.24) is 15.0 Å². The summed E-state index contributed by atoms with van der Waals surface area (Å²) >= 11 is 0. The van der Waals surface area contributed by atoms with Crippen LogP contribution in [0.15, 0.2) is 180 Å². The smallest absolute Gasteiger partial charge is 0.164 e. The van der Waals surface area contributed by atoms with Crippen molar-refractivity contribution in [2.45, 2.75) is 38.5 Å². The highest BCUT2D eigenvalue weighted by Gasteiger charge is 2.40. The number of fused-ring (bicyclic) bond motifs is 14. The van der Waals surface area contributed by atoms with Crippen molar-refractivity contribution < 1.29 is 4.42 Å². The Kier molecular flexibility index (Phi) is 7.38. The molecule has 298 valence electrons. The van der Waals surface area contributed by atoms with Gasteiger partial charge in [0, 0.05) is 43.9 Å².